The summed E-state index contributed by atoms with van der Waals surface area (Å²) in [6.45, 7) is 2.35. The van der Waals surface area contributed by atoms with E-state index in [-0.39, 0.29) is 38.0 Å². The first kappa shape index (κ1) is 25.4. The van der Waals surface area contributed by atoms with Gasteiger partial charge in [0.25, 0.3) is 0 Å². The van der Waals surface area contributed by atoms with E-state index in [1.807, 2.05) is 37.3 Å². The maximum Gasteiger partial charge on any atom is 0.242 e. The minimum atomic E-state index is -3.59. The molecule has 1 aliphatic rings. The summed E-state index contributed by atoms with van der Waals surface area (Å²) >= 11 is 0. The molecule has 0 aromatic heterocycles. The number of hydrogen-bond donors (Lipinski definition) is 1. The second-order valence-electron chi connectivity index (χ2n) is 8.02. The molecule has 0 saturated heterocycles. The molecule has 184 valence electrons. The van der Waals surface area contributed by atoms with Gasteiger partial charge >= 0.3 is 0 Å². The maximum atomic E-state index is 13.2. The van der Waals surface area contributed by atoms with Crippen LogP contribution in [0.25, 0.3) is 0 Å². The van der Waals surface area contributed by atoms with Crippen molar-refractivity contribution in [1.29, 1.82) is 0 Å². The van der Waals surface area contributed by atoms with E-state index >= 15 is 0 Å². The molecule has 0 aliphatic carbocycles. The molecule has 1 heterocycles. The topological polar surface area (TPSA) is 105 Å². The Bertz CT molecular complexity index is 1110. The summed E-state index contributed by atoms with van der Waals surface area (Å²) in [6.07, 6.45) is 1.97. The Morgan fingerprint density at radius 3 is 2.44 bits per heavy atom. The fraction of sp³-hybridized carbons (Fsp3) is 0.417. The largest absolute Gasteiger partial charge is 0.454 e. The maximum absolute atomic E-state index is 13.2. The normalized spacial score (nSPS) is 13.3. The first-order valence-corrected chi connectivity index (χ1v) is 13.0. The average molecular weight is 490 g/mol. The van der Waals surface area contributed by atoms with E-state index < -0.39 is 16.1 Å². The van der Waals surface area contributed by atoms with Gasteiger partial charge in [-0.25, -0.2) is 8.42 Å². The molecule has 0 radical (unpaired) electrons. The van der Waals surface area contributed by atoms with E-state index in [4.69, 9.17) is 9.47 Å². The molecule has 2 aromatic carbocycles. The number of anilines is 1. The van der Waals surface area contributed by atoms with E-state index in [1.165, 1.54) is 4.31 Å². The van der Waals surface area contributed by atoms with Crippen molar-refractivity contribution in [3.8, 4) is 11.5 Å². The highest BCUT2D eigenvalue weighted by Crippen LogP contribution is 2.36. The molecule has 3 rings (SSSR count). The van der Waals surface area contributed by atoms with Crippen molar-refractivity contribution in [2.45, 2.75) is 38.8 Å². The van der Waals surface area contributed by atoms with Crippen molar-refractivity contribution < 1.29 is 27.5 Å². The summed E-state index contributed by atoms with van der Waals surface area (Å²) < 4.78 is 36.8. The molecular formula is C24H31N3O6S. The van der Waals surface area contributed by atoms with Crippen LogP contribution < -0.4 is 19.1 Å². The number of hydrogen-bond acceptors (Lipinski definition) is 6. The predicted octanol–water partition coefficient (Wildman–Crippen LogP) is 2.51. The van der Waals surface area contributed by atoms with Gasteiger partial charge in [0.1, 0.15) is 6.04 Å². The minimum absolute atomic E-state index is 0.0906. The number of nitrogens with zero attached hydrogens (tertiary/aromatic N) is 2. The number of likely N-dealkylation sites (N-methyl/N-ethyl adjacent to an activating group) is 1. The van der Waals surface area contributed by atoms with Crippen LogP contribution in [-0.4, -0.2) is 57.8 Å². The third-order valence-electron chi connectivity index (χ3n) is 5.62. The lowest BCUT2D eigenvalue weighted by atomic mass is 10.1. The Balaban J connectivity index is 1.73. The monoisotopic (exact) mass is 489 g/mol. The summed E-state index contributed by atoms with van der Waals surface area (Å²) in [7, 11) is -2.05. The van der Waals surface area contributed by atoms with Gasteiger partial charge in [0.15, 0.2) is 11.5 Å². The summed E-state index contributed by atoms with van der Waals surface area (Å²) in [5.74, 6) is 0.597. The van der Waals surface area contributed by atoms with Gasteiger partial charge in [-0.15, -0.1) is 0 Å². The van der Waals surface area contributed by atoms with Gasteiger partial charge in [-0.2, -0.15) is 0 Å². The number of carbonyl (C=O) groups excluding carboxylic acids is 2. The highest BCUT2D eigenvalue weighted by atomic mass is 32.2. The summed E-state index contributed by atoms with van der Waals surface area (Å²) in [6, 6.07) is 13.8. The molecule has 0 bridgehead atoms. The number of fused-ring (bicyclic) bond motifs is 1. The van der Waals surface area contributed by atoms with Crippen LogP contribution >= 0.6 is 0 Å². The highest BCUT2D eigenvalue weighted by Gasteiger charge is 2.28. The average Bonchev–Trinajstić information content (AvgIpc) is 3.29. The number of rotatable bonds is 11. The molecular weight excluding hydrogens is 458 g/mol. The van der Waals surface area contributed by atoms with E-state index in [2.05, 4.69) is 5.32 Å². The van der Waals surface area contributed by atoms with Gasteiger partial charge in [0.2, 0.25) is 28.6 Å². The molecule has 1 N–H and O–H groups in total. The zero-order chi connectivity index (χ0) is 24.7. The standard InChI is InChI=1S/C24H31N3O6S/c1-4-20(24(29)25-2)26(16-18-9-6-5-7-10-18)23(28)11-8-14-27(34(3,30)31)19-12-13-21-22(15-19)33-17-32-21/h5-7,9-10,12-13,15,20H,4,8,11,14,16-17H2,1-3H3,(H,25,29). The van der Waals surface area contributed by atoms with Crippen molar-refractivity contribution in [3.05, 3.63) is 54.1 Å². The molecule has 1 aliphatic heterocycles. The van der Waals surface area contributed by atoms with Gasteiger partial charge in [0, 0.05) is 32.6 Å². The van der Waals surface area contributed by atoms with Crippen molar-refractivity contribution in [1.82, 2.24) is 10.2 Å². The summed E-state index contributed by atoms with van der Waals surface area (Å²) in [5, 5.41) is 2.63. The summed E-state index contributed by atoms with van der Waals surface area (Å²) in [4.78, 5) is 27.3. The first-order chi connectivity index (χ1) is 16.2. The molecule has 1 atom stereocenters. The number of ether oxygens (including phenoxy) is 2. The third-order valence-corrected chi connectivity index (χ3v) is 6.82. The Hall–Kier alpha value is -3.27. The van der Waals surface area contributed by atoms with Gasteiger partial charge in [-0.1, -0.05) is 37.3 Å². The van der Waals surface area contributed by atoms with E-state index in [0.717, 1.165) is 11.8 Å². The second kappa shape index (κ2) is 11.2. The lowest BCUT2D eigenvalue weighted by molar-refractivity contribution is -0.141. The van der Waals surface area contributed by atoms with Crippen molar-refractivity contribution in [3.63, 3.8) is 0 Å². The molecule has 9 nitrogen and oxygen atoms in total. The first-order valence-electron chi connectivity index (χ1n) is 11.2. The Labute approximate surface area is 200 Å². The SMILES string of the molecule is CCC(C(=O)NC)N(Cc1ccccc1)C(=O)CCCN(c1ccc2c(c1)OCO2)S(C)(=O)=O. The molecule has 10 heteroatoms. The Morgan fingerprint density at radius 2 is 1.79 bits per heavy atom. The van der Waals surface area contributed by atoms with Crippen LogP contribution in [0.4, 0.5) is 5.69 Å². The second-order valence-corrected chi connectivity index (χ2v) is 9.93. The molecule has 2 amide bonds. The van der Waals surface area contributed by atoms with Gasteiger partial charge in [-0.3, -0.25) is 13.9 Å². The van der Waals surface area contributed by atoms with E-state index in [1.54, 1.807) is 30.1 Å². The molecule has 0 spiro atoms. The predicted molar refractivity (Wildman–Crippen MR) is 129 cm³/mol. The smallest absolute Gasteiger partial charge is 0.242 e. The number of amides is 2. The van der Waals surface area contributed by atoms with Crippen LogP contribution in [0.2, 0.25) is 0 Å². The number of nitrogens with one attached hydrogen (secondary N) is 1. The highest BCUT2D eigenvalue weighted by molar-refractivity contribution is 7.92. The van der Waals surface area contributed by atoms with Crippen molar-refractivity contribution in [2.75, 3.05) is 30.9 Å². The fourth-order valence-electron chi connectivity index (χ4n) is 3.91. The minimum Gasteiger partial charge on any atom is -0.454 e. The van der Waals surface area contributed by atoms with E-state index in [0.29, 0.717) is 30.2 Å². The molecule has 0 fully saturated rings. The van der Waals surface area contributed by atoms with Gasteiger partial charge in [-0.05, 0) is 30.5 Å². The van der Waals surface area contributed by atoms with Crippen molar-refractivity contribution in [2.24, 2.45) is 0 Å². The van der Waals surface area contributed by atoms with E-state index in [9.17, 15) is 18.0 Å². The fourth-order valence-corrected chi connectivity index (χ4v) is 4.87. The Morgan fingerprint density at radius 1 is 1.09 bits per heavy atom. The molecule has 2 aromatic rings. The van der Waals surface area contributed by atoms with Crippen LogP contribution in [-0.2, 0) is 26.2 Å². The zero-order valence-corrected chi connectivity index (χ0v) is 20.5. The quantitative estimate of drug-likeness (QED) is 0.520. The molecule has 34 heavy (non-hydrogen) atoms. The van der Waals surface area contributed by atoms with Crippen LogP contribution in [0.5, 0.6) is 11.5 Å². The van der Waals surface area contributed by atoms with Crippen LogP contribution in [0.15, 0.2) is 48.5 Å². The number of carbonyl (C=O) groups is 2. The zero-order valence-electron chi connectivity index (χ0n) is 19.7. The lowest BCUT2D eigenvalue weighted by Crippen LogP contribution is -2.48. The Kier molecular flexibility index (Phi) is 8.38. The number of benzene rings is 2. The number of sulfonamides is 1. The molecule has 1 unspecified atom stereocenters. The molecule has 0 saturated carbocycles. The van der Waals surface area contributed by atoms with Crippen LogP contribution in [0, 0.1) is 0 Å². The van der Waals surface area contributed by atoms with Gasteiger partial charge in [0.05, 0.1) is 11.9 Å². The summed E-state index contributed by atoms with van der Waals surface area (Å²) in [5.41, 5.74) is 1.36. The van der Waals surface area contributed by atoms with Crippen molar-refractivity contribution >= 4 is 27.5 Å². The van der Waals surface area contributed by atoms with Crippen LogP contribution in [0.1, 0.15) is 31.7 Å². The third kappa shape index (κ3) is 6.19. The van der Waals surface area contributed by atoms with Gasteiger partial charge < -0.3 is 19.7 Å². The van der Waals surface area contributed by atoms with Crippen LogP contribution in [0.3, 0.4) is 0 Å². The lowest BCUT2D eigenvalue weighted by Gasteiger charge is -2.30.